The van der Waals surface area contributed by atoms with E-state index < -0.39 is 35.8 Å². The van der Waals surface area contributed by atoms with Crippen molar-refractivity contribution in [3.05, 3.63) is 72.1 Å². The standard InChI is InChI=1S/C28H32F2N4O3/c29-28(30)12-6-9-19(16-28)13-20(26(31)36)15-25(35)23(14-18-7-2-1-3-8-18)34-27(37)24-17-32-21-10-4-5-11-22(21)33-24/h1-5,7-8,10-11,17,19-20,23,25,35H,6,9,12-16H2,(H2,31,36)(H,34,37)/t19?,20-,23+,25+/m1/s1. The normalized spacial score (nSPS) is 19.6. The van der Waals surface area contributed by atoms with E-state index in [-0.39, 0.29) is 37.3 Å². The Balaban J connectivity index is 1.50. The maximum Gasteiger partial charge on any atom is 0.271 e. The predicted molar refractivity (Wildman–Crippen MR) is 136 cm³/mol. The van der Waals surface area contributed by atoms with Crippen LogP contribution in [-0.2, 0) is 11.2 Å². The van der Waals surface area contributed by atoms with Gasteiger partial charge in [0.1, 0.15) is 5.69 Å². The van der Waals surface area contributed by atoms with Crippen molar-refractivity contribution in [1.29, 1.82) is 0 Å². The van der Waals surface area contributed by atoms with Crippen molar-refractivity contribution in [3.63, 3.8) is 0 Å². The number of alkyl halides is 2. The Morgan fingerprint density at radius 3 is 2.51 bits per heavy atom. The van der Waals surface area contributed by atoms with Gasteiger partial charge in [0.25, 0.3) is 5.91 Å². The molecule has 7 nitrogen and oxygen atoms in total. The van der Waals surface area contributed by atoms with Gasteiger partial charge in [0.05, 0.1) is 29.4 Å². The van der Waals surface area contributed by atoms with Crippen molar-refractivity contribution in [2.45, 2.75) is 63.0 Å². The molecule has 4 atom stereocenters. The second-order valence-electron chi connectivity index (χ2n) is 9.97. The van der Waals surface area contributed by atoms with Gasteiger partial charge >= 0.3 is 0 Å². The van der Waals surface area contributed by atoms with E-state index in [1.165, 1.54) is 6.20 Å². The number of carbonyl (C=O) groups is 2. The summed E-state index contributed by atoms with van der Waals surface area (Å²) in [6.07, 6.45) is 1.24. The number of rotatable bonds is 10. The Morgan fingerprint density at radius 1 is 1.11 bits per heavy atom. The van der Waals surface area contributed by atoms with Crippen molar-refractivity contribution in [3.8, 4) is 0 Å². The van der Waals surface area contributed by atoms with Crippen LogP contribution < -0.4 is 11.1 Å². The summed E-state index contributed by atoms with van der Waals surface area (Å²) in [5.41, 5.74) is 7.81. The zero-order valence-electron chi connectivity index (χ0n) is 20.5. The molecule has 1 fully saturated rings. The first-order chi connectivity index (χ1) is 17.7. The smallest absolute Gasteiger partial charge is 0.271 e. The SMILES string of the molecule is NC(=O)[C@H](CC1CCCC(F)(F)C1)C[C@H](O)[C@H](Cc1ccccc1)NC(=O)c1cnc2ccccc2n1. The molecule has 4 N–H and O–H groups in total. The number of aromatic nitrogens is 2. The van der Waals surface area contributed by atoms with Crippen LogP contribution in [0.25, 0.3) is 11.0 Å². The van der Waals surface area contributed by atoms with Crippen LogP contribution in [0.2, 0.25) is 0 Å². The number of nitrogens with zero attached hydrogens (tertiary/aromatic N) is 2. The Morgan fingerprint density at radius 2 is 1.81 bits per heavy atom. The molecule has 1 heterocycles. The molecule has 1 aliphatic carbocycles. The number of aliphatic hydroxyl groups is 1. The maximum absolute atomic E-state index is 13.9. The van der Waals surface area contributed by atoms with Crippen LogP contribution in [-0.4, -0.2) is 45.0 Å². The lowest BCUT2D eigenvalue weighted by Crippen LogP contribution is -2.47. The molecule has 37 heavy (non-hydrogen) atoms. The largest absolute Gasteiger partial charge is 0.391 e. The number of fused-ring (bicyclic) bond motifs is 1. The second-order valence-corrected chi connectivity index (χ2v) is 9.97. The molecule has 2 aromatic carbocycles. The molecule has 0 spiro atoms. The molecular formula is C28H32F2N4O3. The van der Waals surface area contributed by atoms with Gasteiger partial charge in [-0.15, -0.1) is 0 Å². The Kier molecular flexibility index (Phi) is 8.43. The number of para-hydroxylation sites is 2. The van der Waals surface area contributed by atoms with Gasteiger partial charge in [0.15, 0.2) is 0 Å². The van der Waals surface area contributed by atoms with Crippen LogP contribution in [0.1, 0.15) is 54.6 Å². The molecule has 1 aromatic heterocycles. The van der Waals surface area contributed by atoms with Crippen LogP contribution in [0.5, 0.6) is 0 Å². The fourth-order valence-electron chi connectivity index (χ4n) is 5.12. The second kappa shape index (κ2) is 11.7. The summed E-state index contributed by atoms with van der Waals surface area (Å²) in [4.78, 5) is 34.0. The van der Waals surface area contributed by atoms with Crippen LogP contribution >= 0.6 is 0 Å². The maximum atomic E-state index is 13.9. The van der Waals surface area contributed by atoms with Crippen molar-refractivity contribution in [2.75, 3.05) is 0 Å². The van der Waals surface area contributed by atoms with E-state index in [9.17, 15) is 23.5 Å². The minimum atomic E-state index is -2.74. The predicted octanol–water partition coefficient (Wildman–Crippen LogP) is 4.04. The van der Waals surface area contributed by atoms with Crippen LogP contribution in [0.15, 0.2) is 60.8 Å². The summed E-state index contributed by atoms with van der Waals surface area (Å²) in [6.45, 7) is 0. The van der Waals surface area contributed by atoms with Crippen LogP contribution in [0, 0.1) is 11.8 Å². The van der Waals surface area contributed by atoms with E-state index in [1.54, 1.807) is 18.2 Å². The highest BCUT2D eigenvalue weighted by Gasteiger charge is 2.38. The molecule has 2 amide bonds. The first kappa shape index (κ1) is 26.6. The fraction of sp³-hybridized carbons (Fsp3) is 0.429. The molecular weight excluding hydrogens is 478 g/mol. The van der Waals surface area contributed by atoms with Crippen molar-refractivity contribution < 1.29 is 23.5 Å². The average Bonchev–Trinajstić information content (AvgIpc) is 2.87. The molecule has 0 aliphatic heterocycles. The molecule has 1 unspecified atom stereocenters. The third-order valence-corrected chi connectivity index (χ3v) is 7.05. The number of carbonyl (C=O) groups excluding carboxylic acids is 2. The van der Waals surface area contributed by atoms with Crippen molar-refractivity contribution in [1.82, 2.24) is 15.3 Å². The van der Waals surface area contributed by atoms with Crippen molar-refractivity contribution >= 4 is 22.8 Å². The van der Waals surface area contributed by atoms with Gasteiger partial charge in [-0.3, -0.25) is 14.6 Å². The lowest BCUT2D eigenvalue weighted by atomic mass is 9.78. The summed E-state index contributed by atoms with van der Waals surface area (Å²) in [5, 5.41) is 14.0. The summed E-state index contributed by atoms with van der Waals surface area (Å²) < 4.78 is 27.8. The van der Waals surface area contributed by atoms with E-state index in [1.807, 2.05) is 36.4 Å². The molecule has 0 bridgehead atoms. The Hall–Kier alpha value is -3.46. The molecule has 4 rings (SSSR count). The van der Waals surface area contributed by atoms with E-state index in [2.05, 4.69) is 15.3 Å². The van der Waals surface area contributed by atoms with Gasteiger partial charge in [0.2, 0.25) is 11.8 Å². The number of amides is 2. The summed E-state index contributed by atoms with van der Waals surface area (Å²) in [5.74, 6) is -5.03. The number of benzene rings is 2. The van der Waals surface area contributed by atoms with E-state index in [4.69, 9.17) is 5.73 Å². The summed E-state index contributed by atoms with van der Waals surface area (Å²) >= 11 is 0. The van der Waals surface area contributed by atoms with E-state index in [0.29, 0.717) is 30.3 Å². The zero-order valence-corrected chi connectivity index (χ0v) is 20.5. The topological polar surface area (TPSA) is 118 Å². The van der Waals surface area contributed by atoms with Gasteiger partial charge in [0, 0.05) is 18.8 Å². The van der Waals surface area contributed by atoms with Crippen LogP contribution in [0.4, 0.5) is 8.78 Å². The number of halogens is 2. The molecule has 1 aliphatic rings. The Labute approximate surface area is 214 Å². The number of aliphatic hydroxyl groups excluding tert-OH is 1. The van der Waals surface area contributed by atoms with Crippen molar-refractivity contribution in [2.24, 2.45) is 17.6 Å². The highest BCUT2D eigenvalue weighted by molar-refractivity contribution is 5.94. The first-order valence-electron chi connectivity index (χ1n) is 12.6. The van der Waals surface area contributed by atoms with E-state index in [0.717, 1.165) is 5.56 Å². The number of hydrogen-bond acceptors (Lipinski definition) is 5. The summed E-state index contributed by atoms with van der Waals surface area (Å²) in [7, 11) is 0. The lowest BCUT2D eigenvalue weighted by Gasteiger charge is -2.32. The number of nitrogens with one attached hydrogen (secondary N) is 1. The molecule has 1 saturated carbocycles. The molecule has 9 heteroatoms. The van der Waals surface area contributed by atoms with Gasteiger partial charge in [-0.1, -0.05) is 42.5 Å². The quantitative estimate of drug-likeness (QED) is 0.381. The van der Waals surface area contributed by atoms with E-state index >= 15 is 0 Å². The fourth-order valence-corrected chi connectivity index (χ4v) is 5.12. The number of nitrogens with two attached hydrogens (primary N) is 1. The molecule has 3 aromatic rings. The van der Waals surface area contributed by atoms with Gasteiger partial charge in [-0.05, 0) is 55.7 Å². The molecule has 196 valence electrons. The zero-order chi connectivity index (χ0) is 26.4. The minimum Gasteiger partial charge on any atom is -0.391 e. The first-order valence-corrected chi connectivity index (χ1v) is 12.6. The van der Waals surface area contributed by atoms with Gasteiger partial charge in [-0.25, -0.2) is 13.8 Å². The van der Waals surface area contributed by atoms with Crippen LogP contribution in [0.3, 0.4) is 0 Å². The lowest BCUT2D eigenvalue weighted by molar-refractivity contribution is -0.124. The third kappa shape index (κ3) is 7.29. The number of primary amides is 1. The van der Waals surface area contributed by atoms with Gasteiger partial charge < -0.3 is 16.2 Å². The minimum absolute atomic E-state index is 0.0431. The highest BCUT2D eigenvalue weighted by Crippen LogP contribution is 2.39. The molecule has 0 radical (unpaired) electrons. The highest BCUT2D eigenvalue weighted by atomic mass is 19.3. The number of hydrogen-bond donors (Lipinski definition) is 3. The molecule has 0 saturated heterocycles. The van der Waals surface area contributed by atoms with Gasteiger partial charge in [-0.2, -0.15) is 0 Å². The average molecular weight is 511 g/mol. The Bertz CT molecular complexity index is 1220. The third-order valence-electron chi connectivity index (χ3n) is 7.05. The monoisotopic (exact) mass is 510 g/mol. The summed E-state index contributed by atoms with van der Waals surface area (Å²) in [6, 6.07) is 15.7.